The molecule has 0 spiro atoms. The summed E-state index contributed by atoms with van der Waals surface area (Å²) in [5.74, 6) is -2.13. The van der Waals surface area contributed by atoms with E-state index in [9.17, 15) is 19.5 Å². The Morgan fingerprint density at radius 3 is 2.55 bits per heavy atom. The number of nitrogens with zero attached hydrogens (tertiary/aromatic N) is 1. The first-order chi connectivity index (χ1) is 15.8. The molecule has 172 valence electrons. The van der Waals surface area contributed by atoms with Crippen LogP contribution in [0.15, 0.2) is 59.4 Å². The van der Waals surface area contributed by atoms with Crippen molar-refractivity contribution in [3.05, 3.63) is 71.1 Å². The van der Waals surface area contributed by atoms with Crippen molar-refractivity contribution in [1.82, 2.24) is 0 Å². The highest BCUT2D eigenvalue weighted by Crippen LogP contribution is 2.28. The predicted octanol–water partition coefficient (Wildman–Crippen LogP) is 4.61. The third-order valence-corrected chi connectivity index (χ3v) is 5.15. The molecule has 0 saturated carbocycles. The standard InChI is InChI=1S/C24H23ClN2O6/c1-3-27(21-10-16(5-4-15(21)2)17-8-9-32-12-17)23(29)14-33-13-22(28)26-20-7-6-18(25)11-19(20)24(30)31/h4-12H,3,13-14H2,1-2H3,(H,26,28)(H,30,31). The highest BCUT2D eigenvalue weighted by molar-refractivity contribution is 6.31. The van der Waals surface area contributed by atoms with Crippen molar-refractivity contribution >= 4 is 40.8 Å². The van der Waals surface area contributed by atoms with Gasteiger partial charge in [0.2, 0.25) is 5.91 Å². The largest absolute Gasteiger partial charge is 0.478 e. The summed E-state index contributed by atoms with van der Waals surface area (Å²) in [6.07, 6.45) is 3.21. The lowest BCUT2D eigenvalue weighted by molar-refractivity contribution is -0.127. The van der Waals surface area contributed by atoms with Crippen LogP contribution in [-0.2, 0) is 14.3 Å². The van der Waals surface area contributed by atoms with E-state index in [2.05, 4.69) is 5.32 Å². The number of furan rings is 1. The van der Waals surface area contributed by atoms with Crippen LogP contribution in [0.25, 0.3) is 11.1 Å². The molecule has 0 radical (unpaired) electrons. The van der Waals surface area contributed by atoms with Gasteiger partial charge in [-0.2, -0.15) is 0 Å². The number of hydrogen-bond acceptors (Lipinski definition) is 5. The number of carbonyl (C=O) groups is 3. The maximum Gasteiger partial charge on any atom is 0.337 e. The zero-order valence-corrected chi connectivity index (χ0v) is 18.9. The van der Waals surface area contributed by atoms with E-state index in [1.165, 1.54) is 18.2 Å². The average molecular weight is 471 g/mol. The summed E-state index contributed by atoms with van der Waals surface area (Å²) in [5.41, 5.74) is 3.41. The fourth-order valence-electron chi connectivity index (χ4n) is 3.29. The van der Waals surface area contributed by atoms with Gasteiger partial charge in [0.1, 0.15) is 13.2 Å². The van der Waals surface area contributed by atoms with Gasteiger partial charge in [-0.1, -0.05) is 23.7 Å². The third kappa shape index (κ3) is 6.00. The Kier molecular flexibility index (Phi) is 7.87. The first-order valence-electron chi connectivity index (χ1n) is 10.1. The number of ether oxygens (including phenoxy) is 1. The topological polar surface area (TPSA) is 109 Å². The Morgan fingerprint density at radius 1 is 1.09 bits per heavy atom. The molecule has 0 bridgehead atoms. The lowest BCUT2D eigenvalue weighted by atomic mass is 10.0. The molecule has 33 heavy (non-hydrogen) atoms. The number of carboxylic acid groups (broad SMARTS) is 1. The second kappa shape index (κ2) is 10.8. The van der Waals surface area contributed by atoms with Crippen LogP contribution in [0, 0.1) is 6.92 Å². The molecule has 0 fully saturated rings. The summed E-state index contributed by atoms with van der Waals surface area (Å²) in [6, 6.07) is 11.7. The summed E-state index contributed by atoms with van der Waals surface area (Å²) in [7, 11) is 0. The van der Waals surface area contributed by atoms with E-state index in [1.54, 1.807) is 17.4 Å². The minimum absolute atomic E-state index is 0.0914. The van der Waals surface area contributed by atoms with Crippen LogP contribution in [-0.4, -0.2) is 42.6 Å². The van der Waals surface area contributed by atoms with Gasteiger partial charge in [-0.25, -0.2) is 4.79 Å². The van der Waals surface area contributed by atoms with Gasteiger partial charge in [-0.05, 0) is 55.3 Å². The Bertz CT molecular complexity index is 1160. The Morgan fingerprint density at radius 2 is 1.88 bits per heavy atom. The predicted molar refractivity (Wildman–Crippen MR) is 125 cm³/mol. The molecule has 0 atom stereocenters. The molecule has 1 aromatic heterocycles. The van der Waals surface area contributed by atoms with Gasteiger partial charge in [-0.15, -0.1) is 0 Å². The summed E-state index contributed by atoms with van der Waals surface area (Å²) >= 11 is 5.81. The maximum absolute atomic E-state index is 12.8. The van der Waals surface area contributed by atoms with E-state index in [-0.39, 0.29) is 28.8 Å². The Hall–Kier alpha value is -3.62. The molecule has 8 nitrogen and oxygen atoms in total. The van der Waals surface area contributed by atoms with Crippen LogP contribution in [0.4, 0.5) is 11.4 Å². The number of aromatic carboxylic acids is 1. The molecule has 2 N–H and O–H groups in total. The first kappa shape index (κ1) is 24.0. The molecular weight excluding hydrogens is 448 g/mol. The van der Waals surface area contributed by atoms with Gasteiger partial charge in [0.25, 0.3) is 5.91 Å². The van der Waals surface area contributed by atoms with Gasteiger partial charge in [0, 0.05) is 22.8 Å². The molecule has 2 amide bonds. The smallest absolute Gasteiger partial charge is 0.337 e. The highest BCUT2D eigenvalue weighted by atomic mass is 35.5. The van der Waals surface area contributed by atoms with Gasteiger partial charge in [-0.3, -0.25) is 9.59 Å². The minimum atomic E-state index is -1.23. The quantitative estimate of drug-likeness (QED) is 0.472. The number of nitrogens with one attached hydrogen (secondary N) is 1. The normalized spacial score (nSPS) is 10.6. The fraction of sp³-hybridized carbons (Fsp3) is 0.208. The molecule has 1 heterocycles. The van der Waals surface area contributed by atoms with Crippen molar-refractivity contribution in [2.24, 2.45) is 0 Å². The maximum atomic E-state index is 12.8. The summed E-state index contributed by atoms with van der Waals surface area (Å²) in [4.78, 5) is 37.9. The number of likely N-dealkylation sites (N-methyl/N-ethyl adjacent to an activating group) is 1. The second-order valence-electron chi connectivity index (χ2n) is 7.19. The van der Waals surface area contributed by atoms with E-state index < -0.39 is 18.5 Å². The fourth-order valence-corrected chi connectivity index (χ4v) is 3.46. The number of hydrogen-bond donors (Lipinski definition) is 2. The molecule has 3 rings (SSSR count). The van der Waals surface area contributed by atoms with Crippen molar-refractivity contribution in [3.63, 3.8) is 0 Å². The summed E-state index contributed by atoms with van der Waals surface area (Å²) in [5, 5.41) is 12.0. The van der Waals surface area contributed by atoms with E-state index in [1.807, 2.05) is 38.1 Å². The zero-order chi connectivity index (χ0) is 24.0. The highest BCUT2D eigenvalue weighted by Gasteiger charge is 2.18. The summed E-state index contributed by atoms with van der Waals surface area (Å²) < 4.78 is 10.4. The van der Waals surface area contributed by atoms with Gasteiger partial charge < -0.3 is 24.5 Å². The number of halogens is 1. The molecule has 0 aliphatic rings. The van der Waals surface area contributed by atoms with Crippen molar-refractivity contribution < 1.29 is 28.6 Å². The van der Waals surface area contributed by atoms with Crippen molar-refractivity contribution in [1.29, 1.82) is 0 Å². The second-order valence-corrected chi connectivity index (χ2v) is 7.62. The molecule has 0 aliphatic heterocycles. The van der Waals surface area contributed by atoms with E-state index >= 15 is 0 Å². The lowest BCUT2D eigenvalue weighted by Gasteiger charge is -2.23. The molecule has 0 saturated heterocycles. The van der Waals surface area contributed by atoms with E-state index in [0.717, 1.165) is 22.4 Å². The van der Waals surface area contributed by atoms with Crippen molar-refractivity contribution in [3.8, 4) is 11.1 Å². The molecular formula is C24H23ClN2O6. The number of rotatable bonds is 9. The number of carboxylic acids is 1. The monoisotopic (exact) mass is 470 g/mol. The molecule has 2 aromatic carbocycles. The van der Waals surface area contributed by atoms with Crippen LogP contribution in [0.1, 0.15) is 22.8 Å². The van der Waals surface area contributed by atoms with E-state index in [0.29, 0.717) is 6.54 Å². The summed E-state index contributed by atoms with van der Waals surface area (Å²) in [6.45, 7) is 3.44. The minimum Gasteiger partial charge on any atom is -0.478 e. The number of amides is 2. The molecule has 3 aromatic rings. The van der Waals surface area contributed by atoms with Gasteiger partial charge in [0.15, 0.2) is 0 Å². The van der Waals surface area contributed by atoms with Gasteiger partial charge >= 0.3 is 5.97 Å². The van der Waals surface area contributed by atoms with Crippen LogP contribution >= 0.6 is 11.6 Å². The SMILES string of the molecule is CCN(C(=O)COCC(=O)Nc1ccc(Cl)cc1C(=O)O)c1cc(-c2ccoc2)ccc1C. The lowest BCUT2D eigenvalue weighted by Crippen LogP contribution is -2.35. The average Bonchev–Trinajstić information content (AvgIpc) is 3.31. The van der Waals surface area contributed by atoms with Crippen molar-refractivity contribution in [2.75, 3.05) is 30.0 Å². The Labute approximate surface area is 195 Å². The zero-order valence-electron chi connectivity index (χ0n) is 18.1. The van der Waals surface area contributed by atoms with Crippen molar-refractivity contribution in [2.45, 2.75) is 13.8 Å². The number of anilines is 2. The number of carbonyl (C=O) groups excluding carboxylic acids is 2. The van der Waals surface area contributed by atoms with Gasteiger partial charge in [0.05, 0.1) is 23.8 Å². The van der Waals surface area contributed by atoms with Crippen LogP contribution in [0.5, 0.6) is 0 Å². The van der Waals surface area contributed by atoms with Crippen LogP contribution in [0.3, 0.4) is 0 Å². The number of benzene rings is 2. The number of aryl methyl sites for hydroxylation is 1. The first-order valence-corrected chi connectivity index (χ1v) is 10.5. The molecule has 0 unspecified atom stereocenters. The molecule has 9 heteroatoms. The van der Waals surface area contributed by atoms with Crippen LogP contribution < -0.4 is 10.2 Å². The molecule has 0 aliphatic carbocycles. The van der Waals surface area contributed by atoms with E-state index in [4.69, 9.17) is 20.8 Å². The Balaban J connectivity index is 1.62. The van der Waals surface area contributed by atoms with Crippen LogP contribution in [0.2, 0.25) is 5.02 Å². The third-order valence-electron chi connectivity index (χ3n) is 4.92.